The molecule has 0 atom stereocenters. The van der Waals surface area contributed by atoms with Gasteiger partial charge in [-0.05, 0) is 37.1 Å². The molecule has 0 radical (unpaired) electrons. The number of nitrogens with zero attached hydrogens (tertiary/aromatic N) is 3. The highest BCUT2D eigenvalue weighted by atomic mass is 32.1. The van der Waals surface area contributed by atoms with Crippen LogP contribution < -0.4 is 5.32 Å². The second kappa shape index (κ2) is 4.97. The van der Waals surface area contributed by atoms with Crippen molar-refractivity contribution in [3.63, 3.8) is 0 Å². The summed E-state index contributed by atoms with van der Waals surface area (Å²) in [5, 5.41) is 13.0. The van der Waals surface area contributed by atoms with Crippen LogP contribution in [0.5, 0.6) is 0 Å². The molecule has 4 rings (SSSR count). The van der Waals surface area contributed by atoms with E-state index >= 15 is 0 Å². The number of hydrogen-bond donors (Lipinski definition) is 1. The van der Waals surface area contributed by atoms with Gasteiger partial charge in [0.2, 0.25) is 0 Å². The minimum Gasteiger partial charge on any atom is -0.349 e. The number of benzene rings is 1. The third kappa shape index (κ3) is 2.16. The van der Waals surface area contributed by atoms with Crippen molar-refractivity contribution in [2.75, 3.05) is 0 Å². The van der Waals surface area contributed by atoms with E-state index in [1.165, 1.54) is 11.3 Å². The van der Waals surface area contributed by atoms with E-state index in [4.69, 9.17) is 5.26 Å². The molecule has 5 nitrogen and oxygen atoms in total. The average Bonchev–Trinajstić information content (AvgIpc) is 3.04. The predicted octanol–water partition coefficient (Wildman–Crippen LogP) is 2.85. The van der Waals surface area contributed by atoms with Crippen LogP contribution in [0.25, 0.3) is 16.0 Å². The number of carbonyl (C=O) groups is 1. The molecule has 6 heteroatoms. The van der Waals surface area contributed by atoms with Crippen LogP contribution in [0.15, 0.2) is 36.7 Å². The molecule has 1 amide bonds. The fourth-order valence-electron chi connectivity index (χ4n) is 2.37. The number of aromatic nitrogens is 2. The number of carbonyl (C=O) groups excluding carboxylic acids is 1. The van der Waals surface area contributed by atoms with Crippen molar-refractivity contribution in [1.82, 2.24) is 14.9 Å². The van der Waals surface area contributed by atoms with Gasteiger partial charge in [-0.1, -0.05) is 6.07 Å². The monoisotopic (exact) mass is 308 g/mol. The topological polar surface area (TPSA) is 70.7 Å². The van der Waals surface area contributed by atoms with Crippen molar-refractivity contribution in [2.24, 2.45) is 0 Å². The Hall–Kier alpha value is -2.65. The molecule has 1 aliphatic rings. The van der Waals surface area contributed by atoms with Gasteiger partial charge in [0, 0.05) is 6.04 Å². The van der Waals surface area contributed by atoms with E-state index in [1.54, 1.807) is 12.4 Å². The molecule has 108 valence electrons. The first-order valence-corrected chi connectivity index (χ1v) is 7.85. The molecular formula is C16H12N4OS. The summed E-state index contributed by atoms with van der Waals surface area (Å²) in [6.07, 6.45) is 3.85. The zero-order valence-corrected chi connectivity index (χ0v) is 12.4. The molecule has 1 aliphatic carbocycles. The summed E-state index contributed by atoms with van der Waals surface area (Å²) in [6, 6.07) is 11.8. The third-order valence-corrected chi connectivity index (χ3v) is 4.75. The Bertz CT molecular complexity index is 914. The van der Waals surface area contributed by atoms with Crippen molar-refractivity contribution in [2.45, 2.75) is 18.9 Å². The van der Waals surface area contributed by atoms with E-state index in [2.05, 4.69) is 16.4 Å². The van der Waals surface area contributed by atoms with Crippen LogP contribution in [0.4, 0.5) is 0 Å². The lowest BCUT2D eigenvalue weighted by atomic mass is 10.2. The lowest BCUT2D eigenvalue weighted by Crippen LogP contribution is -2.24. The Morgan fingerprint density at radius 2 is 2.23 bits per heavy atom. The summed E-state index contributed by atoms with van der Waals surface area (Å²) < 4.78 is 1.91. The van der Waals surface area contributed by atoms with Gasteiger partial charge in [0.05, 0.1) is 16.0 Å². The second-order valence-corrected chi connectivity index (χ2v) is 6.35. The van der Waals surface area contributed by atoms with E-state index < -0.39 is 0 Å². The number of nitrogens with one attached hydrogen (secondary N) is 1. The number of thiophene rings is 1. The lowest BCUT2D eigenvalue weighted by Gasteiger charge is -2.01. The zero-order chi connectivity index (χ0) is 15.1. The number of nitriles is 1. The average molecular weight is 308 g/mol. The van der Waals surface area contributed by atoms with Crippen LogP contribution in [0.2, 0.25) is 0 Å². The fourth-order valence-corrected chi connectivity index (χ4v) is 3.26. The van der Waals surface area contributed by atoms with Crippen molar-refractivity contribution >= 4 is 28.3 Å². The van der Waals surface area contributed by atoms with Crippen molar-refractivity contribution in [1.29, 1.82) is 5.26 Å². The smallest absolute Gasteiger partial charge is 0.261 e. The molecule has 0 saturated heterocycles. The minimum absolute atomic E-state index is 0.0131. The van der Waals surface area contributed by atoms with Crippen LogP contribution in [0, 0.1) is 11.3 Å². The highest BCUT2D eigenvalue weighted by Gasteiger charge is 2.24. The van der Waals surface area contributed by atoms with Gasteiger partial charge in [-0.2, -0.15) is 5.26 Å². The maximum atomic E-state index is 12.1. The van der Waals surface area contributed by atoms with Gasteiger partial charge in [-0.15, -0.1) is 11.3 Å². The number of para-hydroxylation sites is 1. The van der Waals surface area contributed by atoms with Gasteiger partial charge < -0.3 is 5.32 Å². The molecule has 1 aromatic carbocycles. The Balaban J connectivity index is 1.72. The molecule has 1 saturated carbocycles. The van der Waals surface area contributed by atoms with Gasteiger partial charge in [0.1, 0.15) is 22.9 Å². The maximum absolute atomic E-state index is 12.1. The number of imidazole rings is 1. The van der Waals surface area contributed by atoms with Gasteiger partial charge in [-0.25, -0.2) is 4.98 Å². The van der Waals surface area contributed by atoms with Crippen molar-refractivity contribution in [3.8, 4) is 11.1 Å². The number of rotatable bonds is 3. The largest absolute Gasteiger partial charge is 0.349 e. The van der Waals surface area contributed by atoms with E-state index in [0.717, 1.165) is 23.4 Å². The Morgan fingerprint density at radius 3 is 3.00 bits per heavy atom. The predicted molar refractivity (Wildman–Crippen MR) is 84.2 cm³/mol. The molecule has 0 aliphatic heterocycles. The van der Waals surface area contributed by atoms with E-state index in [9.17, 15) is 4.79 Å². The second-order valence-electron chi connectivity index (χ2n) is 5.29. The molecule has 2 aromatic heterocycles. The molecule has 22 heavy (non-hydrogen) atoms. The highest BCUT2D eigenvalue weighted by Crippen LogP contribution is 2.27. The molecule has 3 aromatic rings. The van der Waals surface area contributed by atoms with E-state index in [-0.39, 0.29) is 5.91 Å². The van der Waals surface area contributed by atoms with E-state index in [1.807, 2.05) is 28.8 Å². The van der Waals surface area contributed by atoms with Crippen molar-refractivity contribution in [3.05, 3.63) is 47.1 Å². The maximum Gasteiger partial charge on any atom is 0.261 e. The first-order valence-electron chi connectivity index (χ1n) is 7.03. The standard InChI is InChI=1S/C16H12N4OS/c17-8-10-2-1-3-12-15(10)18-9-20(12)14-7-6-13(22-14)16(21)19-11-4-5-11/h1-3,6-7,9,11H,4-5H2,(H,19,21). The molecular weight excluding hydrogens is 296 g/mol. The molecule has 0 bridgehead atoms. The van der Waals surface area contributed by atoms with Crippen LogP contribution in [-0.2, 0) is 0 Å². The number of amides is 1. The Labute approximate surface area is 130 Å². The molecule has 2 heterocycles. The molecule has 0 spiro atoms. The van der Waals surface area contributed by atoms with E-state index in [0.29, 0.717) is 22.0 Å². The fraction of sp³-hybridized carbons (Fsp3) is 0.188. The van der Waals surface area contributed by atoms with Crippen LogP contribution in [0.3, 0.4) is 0 Å². The quantitative estimate of drug-likeness (QED) is 0.808. The Morgan fingerprint density at radius 1 is 1.36 bits per heavy atom. The SMILES string of the molecule is N#Cc1cccc2c1ncn2-c1ccc(C(=O)NC2CC2)s1. The van der Waals surface area contributed by atoms with Crippen LogP contribution in [0.1, 0.15) is 28.1 Å². The molecule has 1 N–H and O–H groups in total. The lowest BCUT2D eigenvalue weighted by molar-refractivity contribution is 0.0955. The van der Waals surface area contributed by atoms with Crippen LogP contribution in [-0.4, -0.2) is 21.5 Å². The zero-order valence-electron chi connectivity index (χ0n) is 11.6. The summed E-state index contributed by atoms with van der Waals surface area (Å²) in [7, 11) is 0. The van der Waals surface area contributed by atoms with Crippen molar-refractivity contribution < 1.29 is 4.79 Å². The van der Waals surface area contributed by atoms with Gasteiger partial charge in [0.25, 0.3) is 5.91 Å². The van der Waals surface area contributed by atoms with Crippen LogP contribution >= 0.6 is 11.3 Å². The first kappa shape index (κ1) is 13.0. The molecule has 1 fully saturated rings. The summed E-state index contributed by atoms with van der Waals surface area (Å²) >= 11 is 1.42. The first-order chi connectivity index (χ1) is 10.8. The Kier molecular flexibility index (Phi) is 2.94. The van der Waals surface area contributed by atoms with Gasteiger partial charge >= 0.3 is 0 Å². The normalized spacial score (nSPS) is 14.0. The number of hydrogen-bond acceptors (Lipinski definition) is 4. The molecule has 0 unspecified atom stereocenters. The summed E-state index contributed by atoms with van der Waals surface area (Å²) in [6.45, 7) is 0. The summed E-state index contributed by atoms with van der Waals surface area (Å²) in [5.41, 5.74) is 2.11. The van der Waals surface area contributed by atoms with Gasteiger partial charge in [-0.3, -0.25) is 9.36 Å². The summed E-state index contributed by atoms with van der Waals surface area (Å²) in [5.74, 6) is -0.0131. The third-order valence-electron chi connectivity index (χ3n) is 3.66. The van der Waals surface area contributed by atoms with Gasteiger partial charge in [0.15, 0.2) is 0 Å². The summed E-state index contributed by atoms with van der Waals surface area (Å²) in [4.78, 5) is 17.1. The number of fused-ring (bicyclic) bond motifs is 1. The minimum atomic E-state index is -0.0131. The highest BCUT2D eigenvalue weighted by molar-refractivity contribution is 7.16.